The number of thiazole rings is 1. The van der Waals surface area contributed by atoms with E-state index in [4.69, 9.17) is 4.74 Å². The molecule has 0 bridgehead atoms. The van der Waals surface area contributed by atoms with Crippen LogP contribution in [0.4, 0.5) is 5.13 Å². The fourth-order valence-corrected chi connectivity index (χ4v) is 4.97. The third-order valence-electron chi connectivity index (χ3n) is 4.72. The van der Waals surface area contributed by atoms with Gasteiger partial charge in [-0.15, -0.1) is 11.3 Å². The van der Waals surface area contributed by atoms with Crippen molar-refractivity contribution in [3.63, 3.8) is 0 Å². The Bertz CT molecular complexity index is 1230. The van der Waals surface area contributed by atoms with Gasteiger partial charge in [-0.05, 0) is 36.2 Å². The van der Waals surface area contributed by atoms with Crippen molar-refractivity contribution in [1.82, 2.24) is 14.7 Å². The Morgan fingerprint density at radius 1 is 1.15 bits per heavy atom. The first-order chi connectivity index (χ1) is 15.6. The predicted molar refractivity (Wildman–Crippen MR) is 124 cm³/mol. The summed E-state index contributed by atoms with van der Waals surface area (Å²) in [7, 11) is -1.17. The van der Waals surface area contributed by atoms with Crippen LogP contribution >= 0.6 is 11.3 Å². The van der Waals surface area contributed by atoms with E-state index in [9.17, 15) is 18.0 Å². The third-order valence-corrected chi connectivity index (χ3v) is 6.93. The summed E-state index contributed by atoms with van der Waals surface area (Å²) in [6, 6.07) is 6.44. The Labute approximate surface area is 195 Å². The van der Waals surface area contributed by atoms with Gasteiger partial charge in [-0.2, -0.15) is 4.72 Å². The molecule has 33 heavy (non-hydrogen) atoms. The number of carbonyl (C=O) groups excluding carboxylic acids is 2. The number of sulfonamides is 1. The van der Waals surface area contributed by atoms with E-state index < -0.39 is 27.9 Å². The van der Waals surface area contributed by atoms with Crippen molar-refractivity contribution in [2.24, 2.45) is 5.92 Å². The number of esters is 1. The average molecular weight is 493 g/mol. The van der Waals surface area contributed by atoms with E-state index in [1.165, 1.54) is 49.8 Å². The summed E-state index contributed by atoms with van der Waals surface area (Å²) in [6.45, 7) is 3.48. The van der Waals surface area contributed by atoms with Gasteiger partial charge in [0.2, 0.25) is 15.9 Å². The number of hydrogen-bond acceptors (Lipinski definition) is 8. The number of hydrogen-bond donors (Lipinski definition) is 3. The van der Waals surface area contributed by atoms with Crippen LogP contribution in [0.2, 0.25) is 0 Å². The van der Waals surface area contributed by atoms with Crippen LogP contribution in [0.3, 0.4) is 0 Å². The quantitative estimate of drug-likeness (QED) is 0.390. The maximum Gasteiger partial charge on any atom is 0.354 e. The zero-order chi connectivity index (χ0) is 24.2. The monoisotopic (exact) mass is 492 g/mol. The third kappa shape index (κ3) is 5.78. The molecule has 3 N–H and O–H groups in total. The number of aromatic nitrogens is 2. The average Bonchev–Trinajstić information content (AvgIpc) is 3.46. The van der Waals surface area contributed by atoms with Gasteiger partial charge in [-0.25, -0.2) is 18.2 Å². The Hall–Kier alpha value is -3.22. The molecule has 0 unspecified atom stereocenters. The predicted octanol–water partition coefficient (Wildman–Crippen LogP) is 2.88. The number of ether oxygens (including phenoxy) is 2. The van der Waals surface area contributed by atoms with Crippen LogP contribution in [0.25, 0.3) is 11.3 Å². The van der Waals surface area contributed by atoms with Gasteiger partial charge in [0, 0.05) is 17.1 Å². The molecule has 2 heterocycles. The van der Waals surface area contributed by atoms with Crippen LogP contribution in [-0.2, 0) is 19.6 Å². The lowest BCUT2D eigenvalue weighted by molar-refractivity contribution is -0.118. The van der Waals surface area contributed by atoms with Crippen molar-refractivity contribution in [3.8, 4) is 17.0 Å². The second-order valence-corrected chi connectivity index (χ2v) is 9.91. The molecule has 3 rings (SSSR count). The molecule has 176 valence electrons. The van der Waals surface area contributed by atoms with Crippen molar-refractivity contribution in [3.05, 3.63) is 47.6 Å². The van der Waals surface area contributed by atoms with E-state index in [0.717, 1.165) is 0 Å². The highest BCUT2D eigenvalue weighted by atomic mass is 32.2. The normalized spacial score (nSPS) is 12.4. The smallest absolute Gasteiger partial charge is 0.354 e. The summed E-state index contributed by atoms with van der Waals surface area (Å²) >= 11 is 1.18. The first-order valence-corrected chi connectivity index (χ1v) is 12.2. The van der Waals surface area contributed by atoms with E-state index in [1.807, 2.05) is 0 Å². The summed E-state index contributed by atoms with van der Waals surface area (Å²) in [5.41, 5.74) is 1.47. The second kappa shape index (κ2) is 10.1. The maximum atomic E-state index is 12.9. The van der Waals surface area contributed by atoms with Crippen LogP contribution in [-0.4, -0.2) is 50.5 Å². The summed E-state index contributed by atoms with van der Waals surface area (Å²) in [4.78, 5) is 31.7. The number of nitrogens with one attached hydrogen (secondary N) is 3. The fourth-order valence-electron chi connectivity index (χ4n) is 2.90. The molecular formula is C21H24N4O6S2. The zero-order valence-electron chi connectivity index (χ0n) is 18.4. The van der Waals surface area contributed by atoms with Gasteiger partial charge in [-0.3, -0.25) is 4.79 Å². The number of rotatable bonds is 9. The minimum Gasteiger partial charge on any atom is -0.497 e. The number of amides is 1. The highest BCUT2D eigenvalue weighted by molar-refractivity contribution is 7.89. The molecule has 0 saturated heterocycles. The highest BCUT2D eigenvalue weighted by Crippen LogP contribution is 2.26. The zero-order valence-corrected chi connectivity index (χ0v) is 20.0. The molecule has 0 aliphatic rings. The van der Waals surface area contributed by atoms with Gasteiger partial charge in [-0.1, -0.05) is 13.8 Å². The Morgan fingerprint density at radius 3 is 2.45 bits per heavy atom. The van der Waals surface area contributed by atoms with Crippen molar-refractivity contribution < 1.29 is 27.5 Å². The van der Waals surface area contributed by atoms with Crippen LogP contribution in [0.1, 0.15) is 24.3 Å². The molecule has 2 aromatic heterocycles. The van der Waals surface area contributed by atoms with E-state index >= 15 is 0 Å². The van der Waals surface area contributed by atoms with Crippen molar-refractivity contribution >= 4 is 38.4 Å². The van der Waals surface area contributed by atoms with Crippen LogP contribution < -0.4 is 14.8 Å². The lowest BCUT2D eigenvalue weighted by atomic mass is 10.1. The molecule has 1 amide bonds. The molecule has 3 aromatic rings. The van der Waals surface area contributed by atoms with Crippen molar-refractivity contribution in [2.75, 3.05) is 19.5 Å². The minimum atomic E-state index is -3.94. The van der Waals surface area contributed by atoms with Gasteiger partial charge in [0.05, 0.1) is 24.8 Å². The molecule has 1 aromatic carbocycles. The summed E-state index contributed by atoms with van der Waals surface area (Å²) < 4.78 is 37.8. The number of benzene rings is 1. The Morgan fingerprint density at radius 2 is 1.85 bits per heavy atom. The number of nitrogens with zero attached hydrogens (tertiary/aromatic N) is 1. The number of methoxy groups -OCH3 is 2. The molecule has 0 fully saturated rings. The van der Waals surface area contributed by atoms with Gasteiger partial charge in [0.15, 0.2) is 5.13 Å². The van der Waals surface area contributed by atoms with E-state index in [-0.39, 0.29) is 16.5 Å². The summed E-state index contributed by atoms with van der Waals surface area (Å²) in [5.74, 6) is -0.848. The molecule has 10 nitrogen and oxygen atoms in total. The molecule has 12 heteroatoms. The SMILES string of the molecule is COC(=O)c1cc(-c2csc(NC(=O)[C@@H](NS(=O)(=O)c3ccc(OC)cc3)C(C)C)n2)c[nH]1. The second-order valence-electron chi connectivity index (χ2n) is 7.34. The Kier molecular flexibility index (Phi) is 7.51. The largest absolute Gasteiger partial charge is 0.497 e. The van der Waals surface area contributed by atoms with E-state index in [0.29, 0.717) is 22.1 Å². The maximum absolute atomic E-state index is 12.9. The molecule has 0 radical (unpaired) electrons. The van der Waals surface area contributed by atoms with Gasteiger partial charge in [0.25, 0.3) is 0 Å². The standard InChI is InChI=1S/C21H24N4O6S2/c1-12(2)18(25-33(28,29)15-7-5-14(30-3)6-8-15)19(26)24-21-23-17(11-32-21)13-9-16(22-10-13)20(27)31-4/h5-12,18,22,25H,1-4H3,(H,23,24,26)/t18-/m0/s1. The summed E-state index contributed by atoms with van der Waals surface area (Å²) in [5, 5.41) is 4.68. The highest BCUT2D eigenvalue weighted by Gasteiger charge is 2.29. The van der Waals surface area contributed by atoms with Crippen LogP contribution in [0.15, 0.2) is 46.8 Å². The molecule has 0 spiro atoms. The summed E-state index contributed by atoms with van der Waals surface area (Å²) in [6.07, 6.45) is 1.60. The minimum absolute atomic E-state index is 0.0205. The first-order valence-electron chi connectivity index (χ1n) is 9.84. The van der Waals surface area contributed by atoms with Crippen molar-refractivity contribution in [1.29, 1.82) is 0 Å². The van der Waals surface area contributed by atoms with Crippen LogP contribution in [0.5, 0.6) is 5.75 Å². The Balaban J connectivity index is 1.73. The number of H-pyrrole nitrogens is 1. The van der Waals surface area contributed by atoms with Gasteiger partial charge in [0.1, 0.15) is 17.5 Å². The number of anilines is 1. The van der Waals surface area contributed by atoms with Crippen LogP contribution in [0, 0.1) is 5.92 Å². The number of carbonyl (C=O) groups is 2. The van der Waals surface area contributed by atoms with E-state index in [1.54, 1.807) is 31.5 Å². The van der Waals surface area contributed by atoms with Crippen molar-refractivity contribution in [2.45, 2.75) is 24.8 Å². The fraction of sp³-hybridized carbons (Fsp3) is 0.286. The number of aromatic amines is 1. The molecule has 0 aliphatic carbocycles. The molecular weight excluding hydrogens is 468 g/mol. The molecule has 1 atom stereocenters. The molecule has 0 aliphatic heterocycles. The van der Waals surface area contributed by atoms with Gasteiger partial charge >= 0.3 is 5.97 Å². The van der Waals surface area contributed by atoms with E-state index in [2.05, 4.69) is 24.7 Å². The first kappa shape index (κ1) is 24.4. The van der Waals surface area contributed by atoms with Gasteiger partial charge < -0.3 is 19.8 Å². The lowest BCUT2D eigenvalue weighted by Crippen LogP contribution is -2.47. The molecule has 0 saturated carbocycles. The topological polar surface area (TPSA) is 139 Å². The lowest BCUT2D eigenvalue weighted by Gasteiger charge is -2.21.